The van der Waals surface area contributed by atoms with Crippen LogP contribution in [0.3, 0.4) is 0 Å². The molecule has 3 saturated heterocycles. The number of aryl methyl sites for hydroxylation is 1. The molecule has 0 bridgehead atoms. The van der Waals surface area contributed by atoms with E-state index in [9.17, 15) is 4.79 Å². The molecule has 0 aliphatic carbocycles. The molecule has 0 N–H and O–H groups in total. The Bertz CT molecular complexity index is 569. The first kappa shape index (κ1) is 15.1. The number of hydrogen-bond donors (Lipinski definition) is 0. The molecule has 23 heavy (non-hydrogen) atoms. The highest BCUT2D eigenvalue weighted by atomic mass is 16.7. The number of amides is 1. The van der Waals surface area contributed by atoms with Gasteiger partial charge in [0.05, 0.1) is 32.1 Å². The van der Waals surface area contributed by atoms with E-state index < -0.39 is 0 Å². The van der Waals surface area contributed by atoms with Gasteiger partial charge in [-0.3, -0.25) is 19.2 Å². The Morgan fingerprint density at radius 1 is 1.43 bits per heavy atom. The summed E-state index contributed by atoms with van der Waals surface area (Å²) in [4.78, 5) is 20.1. The van der Waals surface area contributed by atoms with Crippen LogP contribution in [0.25, 0.3) is 0 Å². The third-order valence-corrected chi connectivity index (χ3v) is 5.15. The number of carbonyl (C=O) groups excluding carboxylic acids is 1. The predicted molar refractivity (Wildman–Crippen MR) is 82.1 cm³/mol. The molecule has 0 unspecified atom stereocenters. The van der Waals surface area contributed by atoms with Crippen LogP contribution in [0.2, 0.25) is 0 Å². The fraction of sp³-hybridized carbons (Fsp3) is 0.750. The van der Waals surface area contributed by atoms with E-state index in [1.807, 2.05) is 17.9 Å². The van der Waals surface area contributed by atoms with Crippen LogP contribution < -0.4 is 0 Å². The van der Waals surface area contributed by atoms with Gasteiger partial charge in [0, 0.05) is 50.8 Å². The van der Waals surface area contributed by atoms with Crippen LogP contribution in [0.4, 0.5) is 0 Å². The summed E-state index contributed by atoms with van der Waals surface area (Å²) in [5.74, 6) is 0.885. The van der Waals surface area contributed by atoms with Crippen molar-refractivity contribution >= 4 is 5.91 Å². The van der Waals surface area contributed by atoms with Crippen LogP contribution in [0.5, 0.6) is 0 Å². The fourth-order valence-electron chi connectivity index (χ4n) is 4.00. The van der Waals surface area contributed by atoms with E-state index in [2.05, 4.69) is 16.2 Å². The molecule has 7 heteroatoms. The quantitative estimate of drug-likeness (QED) is 0.805. The Hall–Kier alpha value is -1.44. The molecule has 1 aromatic rings. The van der Waals surface area contributed by atoms with Gasteiger partial charge in [0.1, 0.15) is 0 Å². The summed E-state index contributed by atoms with van der Waals surface area (Å²) >= 11 is 0. The number of aromatic nitrogens is 2. The van der Waals surface area contributed by atoms with Gasteiger partial charge >= 0.3 is 0 Å². The molecule has 0 aromatic carbocycles. The van der Waals surface area contributed by atoms with E-state index in [1.54, 1.807) is 0 Å². The minimum absolute atomic E-state index is 0.113. The lowest BCUT2D eigenvalue weighted by molar-refractivity contribution is -0.170. The molecule has 7 nitrogen and oxygen atoms in total. The van der Waals surface area contributed by atoms with Gasteiger partial charge in [0.15, 0.2) is 0 Å². The third kappa shape index (κ3) is 3.13. The molecule has 3 atom stereocenters. The largest absolute Gasteiger partial charge is 0.376 e. The van der Waals surface area contributed by atoms with E-state index in [4.69, 9.17) is 9.57 Å². The molecule has 3 aliphatic rings. The SMILES string of the molecule is Cn1cc(CN2C[C@@H]3[C@@H](CC(=O)N4CCCO4)CO[C@@H]3C2)cn1. The number of ether oxygens (including phenoxy) is 1. The normalized spacial score (nSPS) is 31.0. The molecule has 3 aliphatic heterocycles. The summed E-state index contributed by atoms with van der Waals surface area (Å²) in [6.45, 7) is 4.95. The lowest BCUT2D eigenvalue weighted by Crippen LogP contribution is -2.31. The van der Waals surface area contributed by atoms with Crippen LogP contribution in [0.1, 0.15) is 18.4 Å². The number of fused-ring (bicyclic) bond motifs is 1. The standard InChI is InChI=1S/C16H24N4O3/c1-18-7-12(6-17-18)8-19-9-14-13(11-22-15(14)10-19)5-16(21)20-3-2-4-23-20/h6-7,13-15H,2-5,8-11H2,1H3/t13-,14+,15+/m0/s1. The number of hydroxylamine groups is 2. The Labute approximate surface area is 136 Å². The van der Waals surface area contributed by atoms with E-state index in [0.717, 1.165) is 32.6 Å². The van der Waals surface area contributed by atoms with Gasteiger partial charge in [0.25, 0.3) is 0 Å². The van der Waals surface area contributed by atoms with E-state index in [-0.39, 0.29) is 12.0 Å². The highest BCUT2D eigenvalue weighted by Gasteiger charge is 2.44. The van der Waals surface area contributed by atoms with Crippen molar-refractivity contribution in [3.8, 4) is 0 Å². The first-order valence-corrected chi connectivity index (χ1v) is 8.44. The van der Waals surface area contributed by atoms with Gasteiger partial charge in [-0.2, -0.15) is 5.10 Å². The summed E-state index contributed by atoms with van der Waals surface area (Å²) < 4.78 is 7.79. The van der Waals surface area contributed by atoms with Crippen molar-refractivity contribution in [3.05, 3.63) is 18.0 Å². The van der Waals surface area contributed by atoms with Crippen LogP contribution in [-0.4, -0.2) is 64.6 Å². The molecular weight excluding hydrogens is 296 g/mol. The predicted octanol–water partition coefficient (Wildman–Crippen LogP) is 0.421. The van der Waals surface area contributed by atoms with Gasteiger partial charge in [-0.05, 0) is 12.3 Å². The zero-order chi connectivity index (χ0) is 15.8. The van der Waals surface area contributed by atoms with Gasteiger partial charge in [-0.1, -0.05) is 0 Å². The van der Waals surface area contributed by atoms with Crippen molar-refractivity contribution < 1.29 is 14.4 Å². The van der Waals surface area contributed by atoms with Crippen molar-refractivity contribution in [3.63, 3.8) is 0 Å². The second-order valence-electron chi connectivity index (χ2n) is 6.90. The average Bonchev–Trinajstić information content (AvgIpc) is 3.26. The average molecular weight is 320 g/mol. The van der Waals surface area contributed by atoms with E-state index in [1.165, 1.54) is 10.6 Å². The monoisotopic (exact) mass is 320 g/mol. The van der Waals surface area contributed by atoms with Crippen LogP contribution in [0, 0.1) is 11.8 Å². The van der Waals surface area contributed by atoms with Crippen LogP contribution in [0.15, 0.2) is 12.4 Å². The third-order valence-electron chi connectivity index (χ3n) is 5.15. The summed E-state index contributed by atoms with van der Waals surface area (Å²) in [6, 6.07) is 0. The topological polar surface area (TPSA) is 59.8 Å². The molecule has 1 amide bonds. The van der Waals surface area contributed by atoms with Crippen molar-refractivity contribution in [2.45, 2.75) is 25.5 Å². The van der Waals surface area contributed by atoms with Crippen molar-refractivity contribution in [1.29, 1.82) is 0 Å². The van der Waals surface area contributed by atoms with Gasteiger partial charge in [-0.25, -0.2) is 5.06 Å². The highest BCUT2D eigenvalue weighted by molar-refractivity contribution is 5.75. The van der Waals surface area contributed by atoms with Crippen molar-refractivity contribution in [2.75, 3.05) is 32.8 Å². The second kappa shape index (κ2) is 6.22. The fourth-order valence-corrected chi connectivity index (χ4v) is 4.00. The molecule has 1 aromatic heterocycles. The number of nitrogens with zero attached hydrogens (tertiary/aromatic N) is 4. The van der Waals surface area contributed by atoms with E-state index >= 15 is 0 Å². The minimum Gasteiger partial charge on any atom is -0.376 e. The summed E-state index contributed by atoms with van der Waals surface area (Å²) in [6.07, 6.45) is 5.73. The first-order valence-electron chi connectivity index (χ1n) is 8.44. The zero-order valence-electron chi connectivity index (χ0n) is 13.6. The molecule has 0 radical (unpaired) electrons. The molecule has 4 rings (SSSR count). The number of carbonyl (C=O) groups is 1. The summed E-state index contributed by atoms with van der Waals surface area (Å²) in [5, 5.41) is 5.76. The van der Waals surface area contributed by atoms with Crippen molar-refractivity contribution in [2.24, 2.45) is 18.9 Å². The number of likely N-dealkylation sites (tertiary alicyclic amines) is 1. The van der Waals surface area contributed by atoms with Crippen molar-refractivity contribution in [1.82, 2.24) is 19.7 Å². The minimum atomic E-state index is 0.113. The maximum absolute atomic E-state index is 12.3. The van der Waals surface area contributed by atoms with E-state index in [0.29, 0.717) is 31.5 Å². The highest BCUT2D eigenvalue weighted by Crippen LogP contribution is 2.36. The summed E-state index contributed by atoms with van der Waals surface area (Å²) in [5.41, 5.74) is 1.23. The Morgan fingerprint density at radius 2 is 2.35 bits per heavy atom. The number of hydrogen-bond acceptors (Lipinski definition) is 5. The van der Waals surface area contributed by atoms with Gasteiger partial charge < -0.3 is 4.74 Å². The lowest BCUT2D eigenvalue weighted by Gasteiger charge is -2.21. The van der Waals surface area contributed by atoms with Crippen LogP contribution >= 0.6 is 0 Å². The second-order valence-corrected chi connectivity index (χ2v) is 6.90. The molecule has 0 saturated carbocycles. The molecule has 4 heterocycles. The Balaban J connectivity index is 1.33. The summed E-state index contributed by atoms with van der Waals surface area (Å²) in [7, 11) is 1.94. The van der Waals surface area contributed by atoms with Gasteiger partial charge in [0.2, 0.25) is 5.91 Å². The molecule has 0 spiro atoms. The number of rotatable bonds is 4. The molecular formula is C16H24N4O3. The Kier molecular flexibility index (Phi) is 4.09. The maximum Gasteiger partial charge on any atom is 0.246 e. The molecule has 126 valence electrons. The molecule has 3 fully saturated rings. The lowest BCUT2D eigenvalue weighted by atomic mass is 9.90. The van der Waals surface area contributed by atoms with Gasteiger partial charge in [-0.15, -0.1) is 0 Å². The van der Waals surface area contributed by atoms with Crippen LogP contribution in [-0.2, 0) is 28.0 Å². The maximum atomic E-state index is 12.3. The zero-order valence-corrected chi connectivity index (χ0v) is 13.6. The smallest absolute Gasteiger partial charge is 0.246 e. The first-order chi connectivity index (χ1) is 11.2. The Morgan fingerprint density at radius 3 is 3.09 bits per heavy atom.